The molecule has 0 spiro atoms. The van der Waals surface area contributed by atoms with Crippen LogP contribution in [0, 0.1) is 0 Å². The lowest BCUT2D eigenvalue weighted by Gasteiger charge is -2.31. The van der Waals surface area contributed by atoms with Gasteiger partial charge >= 0.3 is 0 Å². The fourth-order valence-electron chi connectivity index (χ4n) is 10.1. The van der Waals surface area contributed by atoms with E-state index < -0.39 is 0 Å². The van der Waals surface area contributed by atoms with Gasteiger partial charge < -0.3 is 9.13 Å². The smallest absolute Gasteiger partial charge is 0.0579 e. The van der Waals surface area contributed by atoms with Gasteiger partial charge in [-0.05, 0) is 155 Å². The first-order valence-electron chi connectivity index (χ1n) is 19.3. The molecule has 0 radical (unpaired) electrons. The molecule has 4 nitrogen and oxygen atoms in total. The van der Waals surface area contributed by atoms with Gasteiger partial charge in [-0.3, -0.25) is 9.97 Å². The van der Waals surface area contributed by atoms with E-state index in [0.29, 0.717) is 0 Å². The first-order valence-corrected chi connectivity index (χ1v) is 19.3. The van der Waals surface area contributed by atoms with Crippen LogP contribution in [0.3, 0.4) is 0 Å². The molecule has 9 aromatic rings. The van der Waals surface area contributed by atoms with E-state index in [-0.39, 0.29) is 0 Å². The summed E-state index contributed by atoms with van der Waals surface area (Å²) in [6.45, 7) is 0. The van der Waals surface area contributed by atoms with Crippen molar-refractivity contribution in [2.75, 3.05) is 0 Å². The molecule has 0 amide bonds. The molecule has 0 atom stereocenters. The minimum atomic E-state index is 1.00. The number of pyridine rings is 2. The van der Waals surface area contributed by atoms with Crippen LogP contribution in [0.2, 0.25) is 0 Å². The highest BCUT2D eigenvalue weighted by Gasteiger charge is 2.34. The average Bonchev–Trinajstić information content (AvgIpc) is 3.76. The van der Waals surface area contributed by atoms with Crippen LogP contribution in [0.5, 0.6) is 0 Å². The van der Waals surface area contributed by atoms with Crippen molar-refractivity contribution >= 4 is 44.4 Å². The molecule has 0 unspecified atom stereocenters. The van der Waals surface area contributed by atoms with E-state index >= 15 is 0 Å². The highest BCUT2D eigenvalue weighted by molar-refractivity contribution is 6.14. The summed E-state index contributed by atoms with van der Waals surface area (Å²) in [6, 6.07) is 42.6. The van der Waals surface area contributed by atoms with Crippen LogP contribution in [0.15, 0.2) is 140 Å². The molecule has 54 heavy (non-hydrogen) atoms. The predicted octanol–water partition coefficient (Wildman–Crippen LogP) is 11.5. The molecule has 3 aliphatic carbocycles. The van der Waals surface area contributed by atoms with Crippen LogP contribution < -0.4 is 0 Å². The molecule has 0 saturated carbocycles. The van der Waals surface area contributed by atoms with Gasteiger partial charge in [0.1, 0.15) is 0 Å². The summed E-state index contributed by atoms with van der Waals surface area (Å²) in [4.78, 5) is 8.91. The van der Waals surface area contributed by atoms with Crippen LogP contribution in [0.4, 0.5) is 0 Å². The van der Waals surface area contributed by atoms with Crippen molar-refractivity contribution in [2.45, 2.75) is 38.5 Å². The van der Waals surface area contributed by atoms with Crippen LogP contribution in [0.1, 0.15) is 45.5 Å². The van der Waals surface area contributed by atoms with Crippen molar-refractivity contribution in [1.82, 2.24) is 19.1 Å². The van der Waals surface area contributed by atoms with E-state index in [4.69, 9.17) is 0 Å². The van der Waals surface area contributed by atoms with Crippen molar-refractivity contribution in [2.24, 2.45) is 0 Å². The third-order valence-corrected chi connectivity index (χ3v) is 12.4. The second-order valence-corrected chi connectivity index (χ2v) is 15.2. The standard InChI is InChI=1S/C50H36N4/c1-3-11-37(12-4-1)53-45-21-17-31(35-9-7-23-51-29-35)25-41(45)43-27-33-15-16-34-28-44-42-26-32(36-10-8-24-52-30-36)18-22-46(42)54(38-13-5-2-6-14-38)50(44)40-20-19-39(49(43)53)47(33)48(34)40/h1-14,17,21,23-30H,15-16,18-20,22H2. The van der Waals surface area contributed by atoms with Gasteiger partial charge in [-0.25, -0.2) is 0 Å². The lowest BCUT2D eigenvalue weighted by molar-refractivity contribution is 0.870. The topological polar surface area (TPSA) is 35.6 Å². The molecule has 0 aliphatic heterocycles. The molecule has 4 heteroatoms. The fraction of sp³-hybridized carbons (Fsp3) is 0.120. The molecule has 256 valence electrons. The Bertz CT molecular complexity index is 3010. The van der Waals surface area contributed by atoms with E-state index in [1.54, 1.807) is 0 Å². The Balaban J connectivity index is 1.16. The van der Waals surface area contributed by atoms with E-state index in [2.05, 4.69) is 134 Å². The van der Waals surface area contributed by atoms with Crippen molar-refractivity contribution < 1.29 is 0 Å². The maximum Gasteiger partial charge on any atom is 0.0579 e. The molecule has 4 heterocycles. The Kier molecular flexibility index (Phi) is 6.38. The third kappa shape index (κ3) is 4.25. The molecule has 0 fully saturated rings. The van der Waals surface area contributed by atoms with E-state index in [9.17, 15) is 0 Å². The van der Waals surface area contributed by atoms with Crippen molar-refractivity contribution in [3.05, 3.63) is 179 Å². The zero-order chi connectivity index (χ0) is 35.3. The number of fused-ring (bicyclic) bond motifs is 8. The third-order valence-electron chi connectivity index (χ3n) is 12.4. The number of nitrogens with zero attached hydrogens (tertiary/aromatic N) is 4. The summed E-state index contributed by atoms with van der Waals surface area (Å²) in [5.74, 6) is 0. The van der Waals surface area contributed by atoms with Gasteiger partial charge in [0.25, 0.3) is 0 Å². The van der Waals surface area contributed by atoms with Gasteiger partial charge in [0.15, 0.2) is 0 Å². The molecule has 4 aromatic heterocycles. The minimum Gasteiger partial charge on any atom is -0.313 e. The normalized spacial score (nSPS) is 14.3. The number of rotatable bonds is 4. The van der Waals surface area contributed by atoms with Gasteiger partial charge in [-0.2, -0.15) is 0 Å². The second kappa shape index (κ2) is 11.5. The zero-order valence-electron chi connectivity index (χ0n) is 29.9. The van der Waals surface area contributed by atoms with Crippen molar-refractivity contribution in [3.63, 3.8) is 0 Å². The summed E-state index contributed by atoms with van der Waals surface area (Å²) in [5, 5.41) is 4.07. The molecule has 3 aliphatic rings. The Morgan fingerprint density at radius 3 is 1.76 bits per heavy atom. The molecular formula is C50H36N4. The monoisotopic (exact) mass is 692 g/mol. The summed E-state index contributed by atoms with van der Waals surface area (Å²) in [6.07, 6.45) is 16.3. The van der Waals surface area contributed by atoms with Crippen LogP contribution in [-0.4, -0.2) is 19.1 Å². The average molecular weight is 693 g/mol. The lowest BCUT2D eigenvalue weighted by atomic mass is 9.73. The van der Waals surface area contributed by atoms with E-state index in [0.717, 1.165) is 44.1 Å². The summed E-state index contributed by atoms with van der Waals surface area (Å²) in [5.41, 5.74) is 23.3. The number of para-hydroxylation sites is 2. The number of aryl methyl sites for hydroxylation is 4. The minimum absolute atomic E-state index is 1.00. The number of hydrogen-bond acceptors (Lipinski definition) is 2. The SMILES string of the molecule is C1=C(c2cccnc2)CCc2c1c1cc3c4c(c1n2-c1ccccc1)CCc1c-4c(cc2c4cc(-c5cccnc5)ccc4n(-c4ccccc4)c12)CC3. The number of allylic oxidation sites excluding steroid dienone is 1. The molecule has 0 saturated heterocycles. The van der Waals surface area contributed by atoms with Gasteiger partial charge in [0.05, 0.1) is 16.6 Å². The Hall–Kier alpha value is -6.52. The second-order valence-electron chi connectivity index (χ2n) is 15.2. The lowest BCUT2D eigenvalue weighted by Crippen LogP contribution is -2.16. The number of aromatic nitrogens is 4. The Morgan fingerprint density at radius 1 is 0.463 bits per heavy atom. The first kappa shape index (κ1) is 30.0. The summed E-state index contributed by atoms with van der Waals surface area (Å²) in [7, 11) is 0. The molecule has 0 bridgehead atoms. The fourth-order valence-corrected chi connectivity index (χ4v) is 10.1. The van der Waals surface area contributed by atoms with E-state index in [1.165, 1.54) is 105 Å². The molecule has 12 rings (SSSR count). The highest BCUT2D eigenvalue weighted by atomic mass is 15.0. The Morgan fingerprint density at radius 2 is 1.09 bits per heavy atom. The zero-order valence-corrected chi connectivity index (χ0v) is 29.9. The van der Waals surface area contributed by atoms with Crippen LogP contribution >= 0.6 is 0 Å². The number of hydrogen-bond donors (Lipinski definition) is 0. The highest BCUT2D eigenvalue weighted by Crippen LogP contribution is 2.52. The largest absolute Gasteiger partial charge is 0.313 e. The maximum atomic E-state index is 4.47. The van der Waals surface area contributed by atoms with Gasteiger partial charge in [0.2, 0.25) is 0 Å². The quantitative estimate of drug-likeness (QED) is 0.184. The van der Waals surface area contributed by atoms with Gasteiger partial charge in [0, 0.05) is 69.1 Å². The van der Waals surface area contributed by atoms with Gasteiger partial charge in [-0.15, -0.1) is 0 Å². The summed E-state index contributed by atoms with van der Waals surface area (Å²) < 4.78 is 5.16. The van der Waals surface area contributed by atoms with Crippen molar-refractivity contribution in [3.8, 4) is 33.6 Å². The predicted molar refractivity (Wildman–Crippen MR) is 222 cm³/mol. The van der Waals surface area contributed by atoms with E-state index in [1.807, 2.05) is 30.9 Å². The first-order chi connectivity index (χ1) is 26.8. The molecule has 5 aromatic carbocycles. The summed E-state index contributed by atoms with van der Waals surface area (Å²) >= 11 is 0. The van der Waals surface area contributed by atoms with Crippen molar-refractivity contribution in [1.29, 1.82) is 0 Å². The number of benzene rings is 5. The van der Waals surface area contributed by atoms with Crippen LogP contribution in [-0.2, 0) is 32.1 Å². The van der Waals surface area contributed by atoms with Gasteiger partial charge in [-0.1, -0.05) is 54.6 Å². The molecular weight excluding hydrogens is 657 g/mol. The Labute approximate surface area is 313 Å². The molecule has 0 N–H and O–H groups in total. The van der Waals surface area contributed by atoms with Crippen LogP contribution in [0.25, 0.3) is 78.0 Å². The maximum absolute atomic E-state index is 4.47.